The molecule has 0 bridgehead atoms. The van der Waals surface area contributed by atoms with Crippen LogP contribution in [0.15, 0.2) is 12.1 Å². The van der Waals surface area contributed by atoms with Crippen molar-refractivity contribution in [3.8, 4) is 11.5 Å². The van der Waals surface area contributed by atoms with Crippen LogP contribution >= 0.6 is 0 Å². The quantitative estimate of drug-likeness (QED) is 0.926. The lowest BCUT2D eigenvalue weighted by atomic mass is 9.81. The average Bonchev–Trinajstić information content (AvgIpc) is 3.25. The SMILES string of the molecule is COc1cc(C)cc2c1OCC[C@@H]2NC(=O)[C@H]1C[C@@H]1C1CCC1. The predicted octanol–water partition coefficient (Wildman–Crippen LogP) is 3.38. The third kappa shape index (κ3) is 2.68. The maximum atomic E-state index is 12.6. The summed E-state index contributed by atoms with van der Waals surface area (Å²) < 4.78 is 11.2. The van der Waals surface area contributed by atoms with Crippen molar-refractivity contribution < 1.29 is 14.3 Å². The number of aryl methyl sites for hydroxylation is 1. The summed E-state index contributed by atoms with van der Waals surface area (Å²) in [4.78, 5) is 12.6. The Morgan fingerprint density at radius 1 is 1.30 bits per heavy atom. The molecule has 0 unspecified atom stereocenters. The van der Waals surface area contributed by atoms with Gasteiger partial charge in [0.05, 0.1) is 19.8 Å². The van der Waals surface area contributed by atoms with E-state index in [1.165, 1.54) is 19.3 Å². The number of nitrogens with one attached hydrogen (secondary N) is 1. The summed E-state index contributed by atoms with van der Waals surface area (Å²) in [6.07, 6.45) is 5.91. The van der Waals surface area contributed by atoms with E-state index in [9.17, 15) is 4.79 Å². The van der Waals surface area contributed by atoms with Crippen LogP contribution in [0.1, 0.15) is 49.3 Å². The second-order valence-electron chi connectivity index (χ2n) is 7.28. The molecule has 1 amide bonds. The van der Waals surface area contributed by atoms with Gasteiger partial charge >= 0.3 is 0 Å². The smallest absolute Gasteiger partial charge is 0.223 e. The van der Waals surface area contributed by atoms with Gasteiger partial charge in [0.2, 0.25) is 5.91 Å². The van der Waals surface area contributed by atoms with Crippen molar-refractivity contribution in [3.63, 3.8) is 0 Å². The first-order valence-corrected chi connectivity index (χ1v) is 8.79. The van der Waals surface area contributed by atoms with Gasteiger partial charge in [-0.2, -0.15) is 0 Å². The normalized spacial score (nSPS) is 29.0. The van der Waals surface area contributed by atoms with E-state index in [2.05, 4.69) is 11.4 Å². The van der Waals surface area contributed by atoms with Crippen molar-refractivity contribution in [1.82, 2.24) is 5.32 Å². The Labute approximate surface area is 137 Å². The van der Waals surface area contributed by atoms with Crippen LogP contribution in [-0.2, 0) is 4.79 Å². The molecule has 2 aliphatic carbocycles. The Hall–Kier alpha value is -1.71. The molecule has 0 saturated heterocycles. The average molecular weight is 315 g/mol. The highest BCUT2D eigenvalue weighted by Crippen LogP contribution is 2.52. The summed E-state index contributed by atoms with van der Waals surface area (Å²) in [5.74, 6) is 3.50. The molecule has 2 saturated carbocycles. The number of carbonyl (C=O) groups is 1. The monoisotopic (exact) mass is 315 g/mol. The number of carbonyl (C=O) groups excluding carboxylic acids is 1. The fourth-order valence-electron chi connectivity index (χ4n) is 4.10. The van der Waals surface area contributed by atoms with Crippen LogP contribution in [-0.4, -0.2) is 19.6 Å². The number of fused-ring (bicyclic) bond motifs is 1. The van der Waals surface area contributed by atoms with E-state index in [0.29, 0.717) is 12.5 Å². The maximum absolute atomic E-state index is 12.6. The van der Waals surface area contributed by atoms with Gasteiger partial charge in [-0.05, 0) is 36.8 Å². The Bertz CT molecular complexity index is 623. The highest BCUT2D eigenvalue weighted by atomic mass is 16.5. The number of benzene rings is 1. The Morgan fingerprint density at radius 3 is 2.83 bits per heavy atom. The van der Waals surface area contributed by atoms with Gasteiger partial charge in [0.1, 0.15) is 0 Å². The van der Waals surface area contributed by atoms with Gasteiger partial charge < -0.3 is 14.8 Å². The summed E-state index contributed by atoms with van der Waals surface area (Å²) in [6, 6.07) is 4.14. The molecule has 1 aromatic rings. The molecule has 23 heavy (non-hydrogen) atoms. The van der Waals surface area contributed by atoms with Crippen LogP contribution in [0, 0.1) is 24.7 Å². The molecule has 4 rings (SSSR count). The Kier molecular flexibility index (Phi) is 3.70. The fourth-order valence-corrected chi connectivity index (χ4v) is 4.10. The van der Waals surface area contributed by atoms with Gasteiger partial charge in [0.25, 0.3) is 0 Å². The molecule has 4 nitrogen and oxygen atoms in total. The van der Waals surface area contributed by atoms with E-state index in [1.54, 1.807) is 7.11 Å². The molecule has 0 spiro atoms. The molecule has 124 valence electrons. The second kappa shape index (κ2) is 5.73. The number of hydrogen-bond donors (Lipinski definition) is 1. The van der Waals surface area contributed by atoms with E-state index in [1.807, 2.05) is 13.0 Å². The van der Waals surface area contributed by atoms with Crippen LogP contribution in [0.4, 0.5) is 0 Å². The van der Waals surface area contributed by atoms with Crippen LogP contribution in [0.25, 0.3) is 0 Å². The van der Waals surface area contributed by atoms with Crippen molar-refractivity contribution in [2.75, 3.05) is 13.7 Å². The van der Waals surface area contributed by atoms with Gasteiger partial charge in [-0.1, -0.05) is 25.3 Å². The zero-order valence-electron chi connectivity index (χ0n) is 13.9. The fraction of sp³-hybridized carbons (Fsp3) is 0.632. The second-order valence-corrected chi connectivity index (χ2v) is 7.28. The van der Waals surface area contributed by atoms with Crippen molar-refractivity contribution in [1.29, 1.82) is 0 Å². The molecule has 3 aliphatic rings. The van der Waals surface area contributed by atoms with Gasteiger partial charge in [-0.15, -0.1) is 0 Å². The van der Waals surface area contributed by atoms with Crippen molar-refractivity contribution in [2.24, 2.45) is 17.8 Å². The first kappa shape index (κ1) is 14.9. The van der Waals surface area contributed by atoms with E-state index in [4.69, 9.17) is 9.47 Å². The summed E-state index contributed by atoms with van der Waals surface area (Å²) in [6.45, 7) is 2.66. The highest BCUT2D eigenvalue weighted by molar-refractivity contribution is 5.82. The summed E-state index contributed by atoms with van der Waals surface area (Å²) in [5.41, 5.74) is 2.19. The summed E-state index contributed by atoms with van der Waals surface area (Å²) in [7, 11) is 1.66. The maximum Gasteiger partial charge on any atom is 0.223 e. The van der Waals surface area contributed by atoms with Crippen LogP contribution < -0.4 is 14.8 Å². The third-order valence-corrected chi connectivity index (χ3v) is 5.72. The zero-order valence-corrected chi connectivity index (χ0v) is 13.9. The first-order valence-electron chi connectivity index (χ1n) is 8.79. The molecule has 1 heterocycles. The number of rotatable bonds is 4. The summed E-state index contributed by atoms with van der Waals surface area (Å²) >= 11 is 0. The topological polar surface area (TPSA) is 47.6 Å². The molecule has 0 radical (unpaired) electrons. The number of methoxy groups -OCH3 is 1. The zero-order chi connectivity index (χ0) is 16.0. The van der Waals surface area contributed by atoms with Crippen LogP contribution in [0.3, 0.4) is 0 Å². The largest absolute Gasteiger partial charge is 0.493 e. The molecule has 1 N–H and O–H groups in total. The van der Waals surface area contributed by atoms with Gasteiger partial charge in [-0.25, -0.2) is 0 Å². The van der Waals surface area contributed by atoms with Crippen LogP contribution in [0.2, 0.25) is 0 Å². The first-order chi connectivity index (χ1) is 11.2. The van der Waals surface area contributed by atoms with E-state index in [-0.39, 0.29) is 17.9 Å². The lowest BCUT2D eigenvalue weighted by Crippen LogP contribution is -2.34. The van der Waals surface area contributed by atoms with E-state index >= 15 is 0 Å². The Balaban J connectivity index is 1.48. The molecule has 4 heteroatoms. The van der Waals surface area contributed by atoms with Gasteiger partial charge in [0.15, 0.2) is 11.5 Å². The molecule has 1 aromatic carbocycles. The van der Waals surface area contributed by atoms with E-state index < -0.39 is 0 Å². The lowest BCUT2D eigenvalue weighted by molar-refractivity contribution is -0.123. The van der Waals surface area contributed by atoms with Gasteiger partial charge in [-0.3, -0.25) is 4.79 Å². The van der Waals surface area contributed by atoms with Crippen molar-refractivity contribution in [2.45, 2.75) is 45.1 Å². The minimum Gasteiger partial charge on any atom is -0.493 e. The highest BCUT2D eigenvalue weighted by Gasteiger charge is 2.49. The predicted molar refractivity (Wildman–Crippen MR) is 87.7 cm³/mol. The molecule has 2 fully saturated rings. The van der Waals surface area contributed by atoms with E-state index in [0.717, 1.165) is 41.4 Å². The molecular weight excluding hydrogens is 290 g/mol. The lowest BCUT2D eigenvalue weighted by Gasteiger charge is -2.29. The number of amides is 1. The van der Waals surface area contributed by atoms with Crippen molar-refractivity contribution in [3.05, 3.63) is 23.3 Å². The van der Waals surface area contributed by atoms with Gasteiger partial charge in [0, 0.05) is 17.9 Å². The molecule has 3 atom stereocenters. The standard InChI is InChI=1S/C19H25NO3/c1-11-8-15-16(6-7-23-18(15)17(9-11)22-2)20-19(21)14-10-13(14)12-4-3-5-12/h8-9,12-14,16H,3-7,10H2,1-2H3,(H,20,21)/t13-,14+,16+/m1/s1. The third-order valence-electron chi connectivity index (χ3n) is 5.72. The summed E-state index contributed by atoms with van der Waals surface area (Å²) in [5, 5.41) is 3.27. The molecule has 1 aliphatic heterocycles. The molecule has 0 aromatic heterocycles. The minimum atomic E-state index is 0.0442. The van der Waals surface area contributed by atoms with Crippen molar-refractivity contribution >= 4 is 5.91 Å². The minimum absolute atomic E-state index is 0.0442. The molecular formula is C19H25NO3. The van der Waals surface area contributed by atoms with Crippen LogP contribution in [0.5, 0.6) is 11.5 Å². The number of hydrogen-bond acceptors (Lipinski definition) is 3. The Morgan fingerprint density at radius 2 is 2.13 bits per heavy atom. The number of ether oxygens (including phenoxy) is 2.